The van der Waals surface area contributed by atoms with Gasteiger partial charge >= 0.3 is 12.3 Å². The van der Waals surface area contributed by atoms with Gasteiger partial charge in [-0.05, 0) is 6.07 Å². The van der Waals surface area contributed by atoms with Crippen LogP contribution in [0.2, 0.25) is 19.6 Å². The van der Waals surface area contributed by atoms with E-state index in [1.165, 1.54) is 6.07 Å². The Hall–Kier alpha value is -1.57. The third-order valence-corrected chi connectivity index (χ3v) is 4.09. The fourth-order valence-electron chi connectivity index (χ4n) is 1.30. The molecule has 1 heterocycles. The van der Waals surface area contributed by atoms with E-state index in [9.17, 15) is 18.0 Å². The molecule has 0 radical (unpaired) electrons. The van der Waals surface area contributed by atoms with Crippen LogP contribution in [-0.2, 0) is 0 Å². The number of alkyl halides is 3. The number of aromatic carboxylic acids is 1. The van der Waals surface area contributed by atoms with Gasteiger partial charge in [0.2, 0.25) is 5.88 Å². The standard InChI is InChI=1S/C10H12F3NO3Si/c1-18(2,3)7-4-6(9(15)16)5-14-8(7)17-10(11,12)13/h4-5H,1-3H3,(H,15,16). The van der Waals surface area contributed by atoms with Crippen molar-refractivity contribution in [2.45, 2.75) is 26.0 Å². The summed E-state index contributed by atoms with van der Waals surface area (Å²) in [6, 6.07) is 1.20. The molecule has 0 bridgehead atoms. The van der Waals surface area contributed by atoms with E-state index in [2.05, 4.69) is 9.72 Å². The van der Waals surface area contributed by atoms with E-state index in [1.807, 2.05) is 0 Å². The fraction of sp³-hybridized carbons (Fsp3) is 0.400. The number of aromatic nitrogens is 1. The van der Waals surface area contributed by atoms with E-state index in [1.54, 1.807) is 19.6 Å². The van der Waals surface area contributed by atoms with Crippen LogP contribution < -0.4 is 9.92 Å². The average molecular weight is 279 g/mol. The Morgan fingerprint density at radius 1 is 1.39 bits per heavy atom. The lowest BCUT2D eigenvalue weighted by atomic mass is 10.3. The highest BCUT2D eigenvalue weighted by Gasteiger charge is 2.35. The first kappa shape index (κ1) is 14.5. The minimum absolute atomic E-state index is 0.151. The molecule has 4 nitrogen and oxygen atoms in total. The lowest BCUT2D eigenvalue weighted by molar-refractivity contribution is -0.275. The molecule has 8 heteroatoms. The predicted octanol–water partition coefficient (Wildman–Crippen LogP) is 2.22. The van der Waals surface area contributed by atoms with Crippen molar-refractivity contribution in [3.63, 3.8) is 0 Å². The monoisotopic (exact) mass is 279 g/mol. The van der Waals surface area contributed by atoms with E-state index in [0.717, 1.165) is 6.20 Å². The average Bonchev–Trinajstić information content (AvgIpc) is 2.13. The molecular weight excluding hydrogens is 267 g/mol. The quantitative estimate of drug-likeness (QED) is 0.862. The number of nitrogens with zero attached hydrogens (tertiary/aromatic N) is 1. The summed E-state index contributed by atoms with van der Waals surface area (Å²) in [6.07, 6.45) is -3.99. The Morgan fingerprint density at radius 2 is 1.94 bits per heavy atom. The molecule has 18 heavy (non-hydrogen) atoms. The molecular formula is C10H12F3NO3Si. The maximum atomic E-state index is 12.2. The first-order valence-corrected chi connectivity index (χ1v) is 8.50. The number of hydrogen-bond acceptors (Lipinski definition) is 3. The van der Waals surface area contributed by atoms with Crippen molar-refractivity contribution in [2.75, 3.05) is 0 Å². The Bertz CT molecular complexity index is 468. The maximum absolute atomic E-state index is 12.2. The fourth-order valence-corrected chi connectivity index (χ4v) is 2.64. The van der Waals surface area contributed by atoms with Gasteiger partial charge in [-0.1, -0.05) is 19.6 Å². The van der Waals surface area contributed by atoms with Crippen LogP contribution in [-0.4, -0.2) is 30.5 Å². The zero-order valence-electron chi connectivity index (χ0n) is 10.00. The van der Waals surface area contributed by atoms with Crippen LogP contribution in [0, 0.1) is 0 Å². The van der Waals surface area contributed by atoms with Crippen molar-refractivity contribution in [3.8, 4) is 5.88 Å². The second-order valence-corrected chi connectivity index (χ2v) is 9.72. The van der Waals surface area contributed by atoms with Gasteiger partial charge in [-0.3, -0.25) is 0 Å². The highest BCUT2D eigenvalue weighted by Crippen LogP contribution is 2.22. The van der Waals surface area contributed by atoms with Crippen LogP contribution in [0.3, 0.4) is 0 Å². The number of carboxylic acid groups (broad SMARTS) is 1. The van der Waals surface area contributed by atoms with E-state index in [4.69, 9.17) is 5.11 Å². The molecule has 0 amide bonds. The van der Waals surface area contributed by atoms with Gasteiger partial charge in [0, 0.05) is 11.4 Å². The maximum Gasteiger partial charge on any atom is 0.574 e. The molecule has 0 saturated heterocycles. The number of pyridine rings is 1. The molecule has 0 aliphatic carbocycles. The topological polar surface area (TPSA) is 59.4 Å². The summed E-state index contributed by atoms with van der Waals surface area (Å²) in [7, 11) is -2.21. The van der Waals surface area contributed by atoms with Gasteiger partial charge in [0.15, 0.2) is 0 Å². The zero-order chi connectivity index (χ0) is 14.1. The van der Waals surface area contributed by atoms with E-state index < -0.39 is 26.3 Å². The highest BCUT2D eigenvalue weighted by molar-refractivity contribution is 6.89. The lowest BCUT2D eigenvalue weighted by Crippen LogP contribution is -2.41. The molecule has 0 aromatic carbocycles. The minimum Gasteiger partial charge on any atom is -0.478 e. The molecule has 1 rings (SSSR count). The Kier molecular flexibility index (Phi) is 3.70. The smallest absolute Gasteiger partial charge is 0.478 e. The third-order valence-electron chi connectivity index (χ3n) is 2.12. The molecule has 0 fully saturated rings. The molecule has 1 aromatic rings. The Labute approximate surface area is 102 Å². The van der Waals surface area contributed by atoms with Crippen LogP contribution in [0.1, 0.15) is 10.4 Å². The lowest BCUT2D eigenvalue weighted by Gasteiger charge is -2.20. The van der Waals surface area contributed by atoms with Crippen molar-refractivity contribution in [1.29, 1.82) is 0 Å². The van der Waals surface area contributed by atoms with Crippen LogP contribution in [0.4, 0.5) is 13.2 Å². The SMILES string of the molecule is C[Si](C)(C)c1cc(C(=O)O)cnc1OC(F)(F)F. The Balaban J connectivity index is 3.30. The summed E-state index contributed by atoms with van der Waals surface area (Å²) in [5.74, 6) is -1.80. The second kappa shape index (κ2) is 4.60. The van der Waals surface area contributed by atoms with Crippen molar-refractivity contribution >= 4 is 19.2 Å². The summed E-state index contributed by atoms with van der Waals surface area (Å²) < 4.78 is 40.4. The summed E-state index contributed by atoms with van der Waals surface area (Å²) in [6.45, 7) is 5.33. The summed E-state index contributed by atoms with van der Waals surface area (Å²) >= 11 is 0. The first-order valence-electron chi connectivity index (χ1n) is 5.00. The van der Waals surface area contributed by atoms with Gasteiger partial charge in [0.1, 0.15) is 0 Å². The van der Waals surface area contributed by atoms with Gasteiger partial charge in [-0.25, -0.2) is 9.78 Å². The predicted molar refractivity (Wildman–Crippen MR) is 60.9 cm³/mol. The summed E-state index contributed by atoms with van der Waals surface area (Å²) in [5.41, 5.74) is -0.151. The molecule has 0 saturated carbocycles. The van der Waals surface area contributed by atoms with Crippen molar-refractivity contribution in [2.24, 2.45) is 0 Å². The Morgan fingerprint density at radius 3 is 2.33 bits per heavy atom. The summed E-state index contributed by atoms with van der Waals surface area (Å²) in [4.78, 5) is 14.3. The van der Waals surface area contributed by atoms with Gasteiger partial charge in [-0.2, -0.15) is 0 Å². The van der Waals surface area contributed by atoms with E-state index in [0.29, 0.717) is 0 Å². The molecule has 0 spiro atoms. The second-order valence-electron chi connectivity index (χ2n) is 4.68. The third kappa shape index (κ3) is 3.72. The van der Waals surface area contributed by atoms with Crippen LogP contribution in [0.25, 0.3) is 0 Å². The van der Waals surface area contributed by atoms with E-state index in [-0.39, 0.29) is 10.8 Å². The number of halogens is 3. The molecule has 100 valence electrons. The number of carbonyl (C=O) groups is 1. The van der Waals surface area contributed by atoms with E-state index >= 15 is 0 Å². The van der Waals surface area contributed by atoms with Crippen LogP contribution >= 0.6 is 0 Å². The van der Waals surface area contributed by atoms with Crippen molar-refractivity contribution < 1.29 is 27.8 Å². The first-order chi connectivity index (χ1) is 8.00. The van der Waals surface area contributed by atoms with Gasteiger partial charge in [0.25, 0.3) is 0 Å². The normalized spacial score (nSPS) is 12.3. The molecule has 0 unspecified atom stereocenters. The number of hydrogen-bond donors (Lipinski definition) is 1. The van der Waals surface area contributed by atoms with Gasteiger partial charge in [-0.15, -0.1) is 13.2 Å². The molecule has 0 aliphatic heterocycles. The van der Waals surface area contributed by atoms with Crippen LogP contribution in [0.15, 0.2) is 12.3 Å². The van der Waals surface area contributed by atoms with Gasteiger partial charge in [0.05, 0.1) is 13.6 Å². The minimum atomic E-state index is -4.84. The van der Waals surface area contributed by atoms with Crippen LogP contribution in [0.5, 0.6) is 5.88 Å². The van der Waals surface area contributed by atoms with Crippen molar-refractivity contribution in [3.05, 3.63) is 17.8 Å². The summed E-state index contributed by atoms with van der Waals surface area (Å²) in [5, 5.41) is 9.03. The number of rotatable bonds is 3. The van der Waals surface area contributed by atoms with Crippen molar-refractivity contribution in [1.82, 2.24) is 4.98 Å². The molecule has 1 N–H and O–H groups in total. The van der Waals surface area contributed by atoms with Gasteiger partial charge < -0.3 is 9.84 Å². The highest BCUT2D eigenvalue weighted by atomic mass is 28.3. The largest absolute Gasteiger partial charge is 0.574 e. The zero-order valence-corrected chi connectivity index (χ0v) is 11.0. The molecule has 1 aromatic heterocycles. The molecule has 0 atom stereocenters. The number of ether oxygens (including phenoxy) is 1. The number of carboxylic acids is 1. The molecule has 0 aliphatic rings.